The Labute approximate surface area is 149 Å². The van der Waals surface area contributed by atoms with Gasteiger partial charge >= 0.3 is 0 Å². The molecule has 25 heavy (non-hydrogen) atoms. The first-order valence-corrected chi connectivity index (χ1v) is 9.97. The molecule has 1 aromatic rings. The van der Waals surface area contributed by atoms with Gasteiger partial charge in [-0.15, -0.1) is 0 Å². The summed E-state index contributed by atoms with van der Waals surface area (Å²) in [7, 11) is -3.63. The number of fused-ring (bicyclic) bond motifs is 1. The number of ether oxygens (including phenoxy) is 1. The molecule has 8 heteroatoms. The fraction of sp³-hybridized carbons (Fsp3) is 0.588. The summed E-state index contributed by atoms with van der Waals surface area (Å²) in [6.45, 7) is 5.15. The van der Waals surface area contributed by atoms with E-state index in [9.17, 15) is 18.3 Å². The molecule has 140 valence electrons. The quantitative estimate of drug-likeness (QED) is 0.701. The van der Waals surface area contributed by atoms with Crippen molar-refractivity contribution in [2.75, 3.05) is 26.3 Å². The fourth-order valence-electron chi connectivity index (χ4n) is 2.68. The third kappa shape index (κ3) is 5.50. The van der Waals surface area contributed by atoms with Crippen LogP contribution < -0.4 is 4.72 Å². The van der Waals surface area contributed by atoms with Crippen molar-refractivity contribution >= 4 is 15.9 Å². The zero-order chi connectivity index (χ0) is 18.4. The topological polar surface area (TPSA) is 95.9 Å². The molecule has 0 saturated carbocycles. The Balaban J connectivity index is 2.09. The van der Waals surface area contributed by atoms with Crippen LogP contribution in [0.1, 0.15) is 31.4 Å². The van der Waals surface area contributed by atoms with Gasteiger partial charge in [0, 0.05) is 26.2 Å². The van der Waals surface area contributed by atoms with Crippen LogP contribution in [0.4, 0.5) is 0 Å². The van der Waals surface area contributed by atoms with E-state index in [4.69, 9.17) is 4.74 Å². The van der Waals surface area contributed by atoms with Gasteiger partial charge in [0.05, 0.1) is 11.0 Å². The lowest BCUT2D eigenvalue weighted by atomic mass is 10.00. The Morgan fingerprint density at radius 3 is 2.84 bits per heavy atom. The Hall–Kier alpha value is -1.48. The van der Waals surface area contributed by atoms with Gasteiger partial charge < -0.3 is 14.7 Å². The molecule has 1 atom stereocenters. The zero-order valence-corrected chi connectivity index (χ0v) is 15.5. The van der Waals surface area contributed by atoms with E-state index in [0.29, 0.717) is 32.5 Å². The number of sulfonamides is 1. The number of hydrogen-bond acceptors (Lipinski definition) is 5. The third-order valence-corrected chi connectivity index (χ3v) is 5.60. The Morgan fingerprint density at radius 1 is 1.40 bits per heavy atom. The lowest BCUT2D eigenvalue weighted by Gasteiger charge is -2.29. The number of benzene rings is 1. The van der Waals surface area contributed by atoms with E-state index >= 15 is 0 Å². The number of rotatable bonds is 8. The largest absolute Gasteiger partial charge is 0.393 e. The molecule has 1 amide bonds. The van der Waals surface area contributed by atoms with Gasteiger partial charge in [-0.1, -0.05) is 6.07 Å². The highest BCUT2D eigenvalue weighted by molar-refractivity contribution is 7.89. The predicted octanol–water partition coefficient (Wildman–Crippen LogP) is 0.657. The summed E-state index contributed by atoms with van der Waals surface area (Å²) in [4.78, 5) is 14.0. The number of nitrogens with zero attached hydrogens (tertiary/aromatic N) is 1. The second-order valence-corrected chi connectivity index (χ2v) is 7.94. The van der Waals surface area contributed by atoms with E-state index in [1.165, 1.54) is 0 Å². The first-order valence-electron chi connectivity index (χ1n) is 8.48. The maximum atomic E-state index is 12.4. The lowest BCUT2D eigenvalue weighted by molar-refractivity contribution is -0.136. The van der Waals surface area contributed by atoms with Gasteiger partial charge in [0.25, 0.3) is 0 Å². The first-order chi connectivity index (χ1) is 11.8. The fourth-order valence-corrected chi connectivity index (χ4v) is 3.78. The van der Waals surface area contributed by atoms with Crippen LogP contribution in [0.25, 0.3) is 0 Å². The summed E-state index contributed by atoms with van der Waals surface area (Å²) in [6, 6.07) is 5.02. The van der Waals surface area contributed by atoms with E-state index in [2.05, 4.69) is 4.72 Å². The highest BCUT2D eigenvalue weighted by Gasteiger charge is 2.23. The van der Waals surface area contributed by atoms with Crippen LogP contribution in [0.5, 0.6) is 0 Å². The summed E-state index contributed by atoms with van der Waals surface area (Å²) in [5, 5.41) is 9.24. The number of carbonyl (C=O) groups excluding carboxylic acids is 1. The van der Waals surface area contributed by atoms with E-state index in [-0.39, 0.29) is 24.0 Å². The number of aliphatic hydroxyl groups is 1. The van der Waals surface area contributed by atoms with Crippen LogP contribution >= 0.6 is 0 Å². The molecule has 0 bridgehead atoms. The highest BCUT2D eigenvalue weighted by atomic mass is 32.2. The van der Waals surface area contributed by atoms with Crippen molar-refractivity contribution in [2.45, 2.75) is 44.2 Å². The molecular formula is C17H26N2O5S. The highest BCUT2D eigenvalue weighted by Crippen LogP contribution is 2.22. The van der Waals surface area contributed by atoms with E-state index in [1.54, 1.807) is 24.0 Å². The van der Waals surface area contributed by atoms with Gasteiger partial charge in [0.15, 0.2) is 0 Å². The lowest BCUT2D eigenvalue weighted by Crippen LogP contribution is -2.38. The Morgan fingerprint density at radius 2 is 2.16 bits per heavy atom. The molecule has 0 radical (unpaired) electrons. The number of aliphatic hydroxyl groups excluding tert-OH is 1. The first kappa shape index (κ1) is 19.8. The summed E-state index contributed by atoms with van der Waals surface area (Å²) in [6.07, 6.45) is 0.489. The van der Waals surface area contributed by atoms with Gasteiger partial charge in [0.1, 0.15) is 6.61 Å². The number of nitrogens with one attached hydrogen (secondary N) is 1. The molecule has 1 aliphatic rings. The molecular weight excluding hydrogens is 344 g/mol. The maximum absolute atomic E-state index is 12.4. The SMILES string of the molecule is CCOCC(=O)N1CCc2ccc(S(=O)(=O)NCC[C@@H](C)O)cc2C1. The molecule has 0 fully saturated rings. The van der Waals surface area contributed by atoms with Gasteiger partial charge in [-0.2, -0.15) is 0 Å². The monoisotopic (exact) mass is 370 g/mol. The predicted molar refractivity (Wildman–Crippen MR) is 93.5 cm³/mol. The van der Waals surface area contributed by atoms with E-state index < -0.39 is 16.1 Å². The minimum Gasteiger partial charge on any atom is -0.393 e. The average molecular weight is 370 g/mol. The van der Waals surface area contributed by atoms with Crippen LogP contribution in [0.2, 0.25) is 0 Å². The minimum absolute atomic E-state index is 0.0464. The second kappa shape index (κ2) is 8.75. The Kier molecular flexibility index (Phi) is 6.95. The molecule has 1 aromatic carbocycles. The van der Waals surface area contributed by atoms with Crippen molar-refractivity contribution in [3.63, 3.8) is 0 Å². The van der Waals surface area contributed by atoms with Crippen LogP contribution in [0.3, 0.4) is 0 Å². The van der Waals surface area contributed by atoms with Crippen molar-refractivity contribution < 1.29 is 23.1 Å². The molecule has 0 spiro atoms. The molecule has 0 aliphatic carbocycles. The van der Waals surface area contributed by atoms with Crippen LogP contribution in [-0.4, -0.2) is 56.7 Å². The zero-order valence-electron chi connectivity index (χ0n) is 14.7. The second-order valence-electron chi connectivity index (χ2n) is 6.17. The molecule has 1 heterocycles. The van der Waals surface area contributed by atoms with Crippen molar-refractivity contribution in [3.05, 3.63) is 29.3 Å². The van der Waals surface area contributed by atoms with Gasteiger partial charge in [-0.3, -0.25) is 4.79 Å². The molecule has 0 saturated heterocycles. The maximum Gasteiger partial charge on any atom is 0.248 e. The molecule has 2 rings (SSSR count). The smallest absolute Gasteiger partial charge is 0.248 e. The van der Waals surface area contributed by atoms with Crippen molar-refractivity contribution in [1.29, 1.82) is 0 Å². The van der Waals surface area contributed by atoms with Crippen LogP contribution in [0, 0.1) is 0 Å². The molecule has 2 N–H and O–H groups in total. The van der Waals surface area contributed by atoms with Gasteiger partial charge in [0.2, 0.25) is 15.9 Å². The van der Waals surface area contributed by atoms with Gasteiger partial charge in [-0.05, 0) is 49.9 Å². The standard InChI is InChI=1S/C17H26N2O5S/c1-3-24-12-17(21)19-9-7-14-4-5-16(10-15(14)11-19)25(22,23)18-8-6-13(2)20/h4-5,10,13,18,20H,3,6-9,11-12H2,1-2H3/t13-/m1/s1. The summed E-state index contributed by atoms with van der Waals surface area (Å²) >= 11 is 0. The molecule has 0 unspecified atom stereocenters. The molecule has 7 nitrogen and oxygen atoms in total. The number of carbonyl (C=O) groups is 1. The minimum atomic E-state index is -3.63. The number of amides is 1. The van der Waals surface area contributed by atoms with E-state index in [1.807, 2.05) is 13.0 Å². The van der Waals surface area contributed by atoms with Crippen molar-refractivity contribution in [2.24, 2.45) is 0 Å². The summed E-state index contributed by atoms with van der Waals surface area (Å²) in [5.74, 6) is -0.0872. The van der Waals surface area contributed by atoms with Crippen LogP contribution in [-0.2, 0) is 32.5 Å². The summed E-state index contributed by atoms with van der Waals surface area (Å²) < 4.78 is 32.4. The number of hydrogen-bond donors (Lipinski definition) is 2. The van der Waals surface area contributed by atoms with Crippen molar-refractivity contribution in [3.8, 4) is 0 Å². The van der Waals surface area contributed by atoms with Gasteiger partial charge in [-0.25, -0.2) is 13.1 Å². The normalized spacial score (nSPS) is 15.7. The van der Waals surface area contributed by atoms with Crippen molar-refractivity contribution in [1.82, 2.24) is 9.62 Å². The summed E-state index contributed by atoms with van der Waals surface area (Å²) in [5.41, 5.74) is 1.90. The Bertz CT molecular complexity index is 703. The average Bonchev–Trinajstić information content (AvgIpc) is 2.58. The van der Waals surface area contributed by atoms with Crippen LogP contribution in [0.15, 0.2) is 23.1 Å². The van der Waals surface area contributed by atoms with E-state index in [0.717, 1.165) is 11.1 Å². The molecule has 0 aromatic heterocycles. The molecule has 1 aliphatic heterocycles. The third-order valence-electron chi connectivity index (χ3n) is 4.14.